The third-order valence-corrected chi connectivity index (χ3v) is 2.12. The van der Waals surface area contributed by atoms with Gasteiger partial charge in [0.2, 0.25) is 0 Å². The molecule has 68 valence electrons. The van der Waals surface area contributed by atoms with Crippen molar-refractivity contribution in [2.75, 3.05) is 0 Å². The summed E-state index contributed by atoms with van der Waals surface area (Å²) in [6, 6.07) is 0. The number of hydrogen-bond acceptors (Lipinski definition) is 3. The first-order valence-corrected chi connectivity index (χ1v) is 3.78. The molecule has 1 heterocycles. The number of nitroso groups, excluding NO2 is 1. The van der Waals surface area contributed by atoms with E-state index in [4.69, 9.17) is 0 Å². The molecule has 0 radical (unpaired) electrons. The lowest BCUT2D eigenvalue weighted by molar-refractivity contribution is -0.555. The molecule has 0 unspecified atom stereocenters. The van der Waals surface area contributed by atoms with Gasteiger partial charge in [0.25, 0.3) is 5.66 Å². The van der Waals surface area contributed by atoms with Crippen LogP contribution in [-0.4, -0.2) is 27.2 Å². The van der Waals surface area contributed by atoms with Gasteiger partial charge < -0.3 is 5.21 Å². The van der Waals surface area contributed by atoms with Crippen LogP contribution in [-0.2, 0) is 0 Å². The fourth-order valence-corrected chi connectivity index (χ4v) is 1.50. The first kappa shape index (κ1) is 8.96. The predicted octanol–water partition coefficient (Wildman–Crippen LogP) is 1.08. The van der Waals surface area contributed by atoms with E-state index >= 15 is 0 Å². The summed E-state index contributed by atoms with van der Waals surface area (Å²) in [6.45, 7) is 6.86. The number of hydrogen-bond donors (Lipinski definition) is 0. The van der Waals surface area contributed by atoms with Crippen LogP contribution < -0.4 is 0 Å². The number of nitrogens with zero attached hydrogens (tertiary/aromatic N) is 3. The second-order valence-corrected chi connectivity index (χ2v) is 4.00. The van der Waals surface area contributed by atoms with E-state index in [9.17, 15) is 10.1 Å². The van der Waals surface area contributed by atoms with Crippen molar-refractivity contribution < 1.29 is 4.74 Å². The minimum absolute atomic E-state index is 0.590. The fourth-order valence-electron chi connectivity index (χ4n) is 1.50. The Hall–Kier alpha value is -1.13. The zero-order chi connectivity index (χ0) is 9.57. The summed E-state index contributed by atoms with van der Waals surface area (Å²) in [6.07, 6.45) is 1.45. The van der Waals surface area contributed by atoms with Crippen LogP contribution >= 0.6 is 0 Å². The molecule has 0 aromatic carbocycles. The molecule has 0 saturated heterocycles. The van der Waals surface area contributed by atoms with Crippen molar-refractivity contribution in [2.24, 2.45) is 5.29 Å². The molecule has 0 aromatic rings. The van der Waals surface area contributed by atoms with Crippen LogP contribution in [0.2, 0.25) is 0 Å². The quantitative estimate of drug-likeness (QED) is 0.337. The normalized spacial score (nSPS) is 25.3. The Balaban J connectivity index is 3.11. The lowest BCUT2D eigenvalue weighted by atomic mass is 10.1. The summed E-state index contributed by atoms with van der Waals surface area (Å²) in [5.74, 6) is 0. The maximum Gasteiger partial charge on any atom is 0.260 e. The first-order chi connectivity index (χ1) is 5.32. The second kappa shape index (κ2) is 2.18. The maximum atomic E-state index is 11.3. The zero-order valence-corrected chi connectivity index (χ0v) is 7.74. The summed E-state index contributed by atoms with van der Waals surface area (Å²) < 4.78 is 0.758. The van der Waals surface area contributed by atoms with Crippen molar-refractivity contribution in [2.45, 2.75) is 38.9 Å². The van der Waals surface area contributed by atoms with Crippen molar-refractivity contribution in [3.05, 3.63) is 10.1 Å². The SMILES string of the molecule is CC1(C)C=[N+]([O-])C(C)(C)N1N=O. The number of rotatable bonds is 1. The smallest absolute Gasteiger partial charge is 0.260 e. The van der Waals surface area contributed by atoms with Gasteiger partial charge in [-0.15, -0.1) is 4.91 Å². The van der Waals surface area contributed by atoms with Gasteiger partial charge in [0.15, 0.2) is 6.21 Å². The van der Waals surface area contributed by atoms with Crippen molar-refractivity contribution in [1.29, 1.82) is 0 Å². The minimum atomic E-state index is -0.870. The topological polar surface area (TPSA) is 58.7 Å². The molecule has 0 aliphatic carbocycles. The average Bonchev–Trinajstić information content (AvgIpc) is 1.99. The van der Waals surface area contributed by atoms with E-state index < -0.39 is 11.2 Å². The van der Waals surface area contributed by atoms with Crippen LogP contribution in [0.15, 0.2) is 5.29 Å². The molecule has 1 aliphatic heterocycles. The van der Waals surface area contributed by atoms with Gasteiger partial charge >= 0.3 is 0 Å². The second-order valence-electron chi connectivity index (χ2n) is 4.00. The Morgan fingerprint density at radius 2 is 1.92 bits per heavy atom. The van der Waals surface area contributed by atoms with Gasteiger partial charge in [0.1, 0.15) is 5.54 Å². The van der Waals surface area contributed by atoms with E-state index in [0.717, 1.165) is 4.74 Å². The molecule has 0 atom stereocenters. The van der Waals surface area contributed by atoms with Gasteiger partial charge in [-0.25, -0.2) is 0 Å². The Morgan fingerprint density at radius 3 is 2.08 bits per heavy atom. The molecule has 1 aliphatic rings. The highest BCUT2D eigenvalue weighted by Crippen LogP contribution is 2.30. The molecule has 5 nitrogen and oxygen atoms in total. The largest absolute Gasteiger partial charge is 0.622 e. The van der Waals surface area contributed by atoms with Gasteiger partial charge in [-0.3, -0.25) is 0 Å². The van der Waals surface area contributed by atoms with Gasteiger partial charge in [-0.1, -0.05) is 0 Å². The Kier molecular flexibility index (Phi) is 1.63. The third-order valence-electron chi connectivity index (χ3n) is 2.12. The van der Waals surface area contributed by atoms with Crippen molar-refractivity contribution >= 4 is 6.21 Å². The highest BCUT2D eigenvalue weighted by atomic mass is 16.5. The highest BCUT2D eigenvalue weighted by Gasteiger charge is 2.51. The van der Waals surface area contributed by atoms with Crippen LogP contribution in [0.25, 0.3) is 0 Å². The first-order valence-electron chi connectivity index (χ1n) is 3.78. The van der Waals surface area contributed by atoms with Crippen molar-refractivity contribution in [3.8, 4) is 0 Å². The average molecular weight is 171 g/mol. The van der Waals surface area contributed by atoms with Gasteiger partial charge in [-0.05, 0) is 13.8 Å². The number of hydroxylamine groups is 1. The van der Waals surface area contributed by atoms with E-state index in [1.807, 2.05) is 0 Å². The fraction of sp³-hybridized carbons (Fsp3) is 0.857. The molecule has 0 fully saturated rings. The van der Waals surface area contributed by atoms with E-state index in [1.165, 1.54) is 11.2 Å². The maximum absolute atomic E-state index is 11.3. The standard InChI is InChI=1S/C7H13N3O2/c1-6(2)5-9(12)7(3,4)10(6)8-11/h5H,1-4H3. The summed E-state index contributed by atoms with van der Waals surface area (Å²) in [4.78, 5) is 10.5. The van der Waals surface area contributed by atoms with Crippen molar-refractivity contribution in [1.82, 2.24) is 5.01 Å². The van der Waals surface area contributed by atoms with E-state index in [2.05, 4.69) is 5.29 Å². The summed E-state index contributed by atoms with van der Waals surface area (Å²) in [5, 5.41) is 15.4. The van der Waals surface area contributed by atoms with Gasteiger partial charge in [-0.2, -0.15) is 9.75 Å². The summed E-state index contributed by atoms with van der Waals surface area (Å²) >= 11 is 0. The van der Waals surface area contributed by atoms with E-state index in [-0.39, 0.29) is 0 Å². The summed E-state index contributed by atoms with van der Waals surface area (Å²) in [5.41, 5.74) is -1.46. The van der Waals surface area contributed by atoms with E-state index in [0.29, 0.717) is 0 Å². The molecule has 1 rings (SSSR count). The molecule has 0 saturated carbocycles. The molecule has 0 aromatic heterocycles. The molecule has 0 spiro atoms. The molecule has 12 heavy (non-hydrogen) atoms. The van der Waals surface area contributed by atoms with Gasteiger partial charge in [0, 0.05) is 13.8 Å². The third kappa shape index (κ3) is 0.964. The van der Waals surface area contributed by atoms with Crippen LogP contribution in [0.5, 0.6) is 0 Å². The molecule has 0 N–H and O–H groups in total. The lowest BCUT2D eigenvalue weighted by Gasteiger charge is -2.29. The van der Waals surface area contributed by atoms with Crippen LogP contribution in [0.1, 0.15) is 27.7 Å². The predicted molar refractivity (Wildman–Crippen MR) is 45.5 cm³/mol. The zero-order valence-electron chi connectivity index (χ0n) is 7.74. The lowest BCUT2D eigenvalue weighted by Crippen LogP contribution is -2.48. The Bertz CT molecular complexity index is 245. The molecule has 0 bridgehead atoms. The molecular weight excluding hydrogens is 158 g/mol. The van der Waals surface area contributed by atoms with Crippen LogP contribution in [0, 0.1) is 10.1 Å². The molecule has 5 heteroatoms. The minimum Gasteiger partial charge on any atom is -0.622 e. The monoisotopic (exact) mass is 171 g/mol. The van der Waals surface area contributed by atoms with E-state index in [1.54, 1.807) is 27.7 Å². The Labute approximate surface area is 71.2 Å². The van der Waals surface area contributed by atoms with Crippen LogP contribution in [0.4, 0.5) is 0 Å². The summed E-state index contributed by atoms with van der Waals surface area (Å²) in [7, 11) is 0. The van der Waals surface area contributed by atoms with Crippen molar-refractivity contribution in [3.63, 3.8) is 0 Å². The Morgan fingerprint density at radius 1 is 1.42 bits per heavy atom. The molecular formula is C7H13N3O2. The van der Waals surface area contributed by atoms with Gasteiger partial charge in [0.05, 0.1) is 5.29 Å². The molecule has 0 amide bonds. The van der Waals surface area contributed by atoms with Crippen LogP contribution in [0.3, 0.4) is 0 Å². The highest BCUT2D eigenvalue weighted by molar-refractivity contribution is 5.66.